The molecule has 1 aromatic heterocycles. The fourth-order valence-electron chi connectivity index (χ4n) is 3.44. The highest BCUT2D eigenvalue weighted by molar-refractivity contribution is 7.91. The number of hydrogen-bond donors (Lipinski definition) is 1. The van der Waals surface area contributed by atoms with Crippen molar-refractivity contribution in [2.24, 2.45) is 0 Å². The van der Waals surface area contributed by atoms with Crippen LogP contribution >= 0.6 is 0 Å². The predicted octanol–water partition coefficient (Wildman–Crippen LogP) is 2.04. The molecule has 25 heavy (non-hydrogen) atoms. The summed E-state index contributed by atoms with van der Waals surface area (Å²) in [6.45, 7) is 4.05. The standard InChI is InChI=1S/C18H24N2O4S/c1-12-15-6-4-5-7-16(15)24-18(12)13(2)19-17(21)10-20(3)14-8-9-25(22,23)11-14/h4-7,13-14H,8-11H2,1-3H3,(H,19,21)/t13-,14-/m0/s1. The SMILES string of the molecule is Cc1c([C@H](C)NC(=O)CN(C)[C@H]2CCS(=O)(=O)C2)oc2ccccc12. The van der Waals surface area contributed by atoms with Crippen LogP contribution in [-0.2, 0) is 14.6 Å². The van der Waals surface area contributed by atoms with Crippen molar-refractivity contribution >= 4 is 26.7 Å². The van der Waals surface area contributed by atoms with Crippen LogP contribution in [0.5, 0.6) is 0 Å². The maximum atomic E-state index is 12.3. The third kappa shape index (κ3) is 3.88. The third-order valence-corrected chi connectivity index (χ3v) is 6.63. The lowest BCUT2D eigenvalue weighted by Gasteiger charge is -2.23. The second-order valence-electron chi connectivity index (χ2n) is 6.85. The Hall–Kier alpha value is -1.86. The van der Waals surface area contributed by atoms with E-state index in [1.54, 1.807) is 7.05 Å². The topological polar surface area (TPSA) is 79.6 Å². The first-order valence-electron chi connectivity index (χ1n) is 8.45. The Labute approximate surface area is 148 Å². The van der Waals surface area contributed by atoms with Crippen molar-refractivity contribution < 1.29 is 17.6 Å². The fraction of sp³-hybridized carbons (Fsp3) is 0.500. The summed E-state index contributed by atoms with van der Waals surface area (Å²) in [7, 11) is -1.16. The number of para-hydroxylation sites is 1. The highest BCUT2D eigenvalue weighted by atomic mass is 32.2. The zero-order valence-electron chi connectivity index (χ0n) is 14.8. The van der Waals surface area contributed by atoms with Gasteiger partial charge in [0.1, 0.15) is 11.3 Å². The second kappa shape index (κ2) is 6.80. The van der Waals surface area contributed by atoms with Crippen molar-refractivity contribution in [3.63, 3.8) is 0 Å². The molecule has 0 bridgehead atoms. The minimum absolute atomic E-state index is 0.0843. The molecule has 1 aliphatic rings. The van der Waals surface area contributed by atoms with Gasteiger partial charge in [0, 0.05) is 17.0 Å². The smallest absolute Gasteiger partial charge is 0.234 e. The quantitative estimate of drug-likeness (QED) is 0.878. The minimum atomic E-state index is -2.95. The van der Waals surface area contributed by atoms with Crippen LogP contribution in [0.3, 0.4) is 0 Å². The summed E-state index contributed by atoms with van der Waals surface area (Å²) in [4.78, 5) is 14.2. The Morgan fingerprint density at radius 3 is 2.76 bits per heavy atom. The molecule has 2 atom stereocenters. The number of carbonyl (C=O) groups is 1. The first kappa shape index (κ1) is 17.9. The molecule has 6 nitrogen and oxygen atoms in total. The average molecular weight is 364 g/mol. The van der Waals surface area contributed by atoms with Crippen LogP contribution < -0.4 is 5.32 Å². The number of sulfone groups is 1. The van der Waals surface area contributed by atoms with E-state index in [0.29, 0.717) is 6.42 Å². The molecule has 3 rings (SSSR count). The number of likely N-dealkylation sites (N-methyl/N-ethyl adjacent to an activating group) is 1. The van der Waals surface area contributed by atoms with Crippen molar-refractivity contribution in [2.45, 2.75) is 32.4 Å². The van der Waals surface area contributed by atoms with Crippen LogP contribution in [0, 0.1) is 6.92 Å². The third-order valence-electron chi connectivity index (χ3n) is 4.88. The molecule has 2 heterocycles. The molecule has 136 valence electrons. The van der Waals surface area contributed by atoms with Gasteiger partial charge in [-0.1, -0.05) is 18.2 Å². The number of furan rings is 1. The number of benzene rings is 1. The zero-order chi connectivity index (χ0) is 18.2. The number of aryl methyl sites for hydroxylation is 1. The average Bonchev–Trinajstić information content (AvgIpc) is 3.08. The van der Waals surface area contributed by atoms with Crippen LogP contribution in [0.4, 0.5) is 0 Å². The van der Waals surface area contributed by atoms with E-state index < -0.39 is 9.84 Å². The summed E-state index contributed by atoms with van der Waals surface area (Å²) >= 11 is 0. The largest absolute Gasteiger partial charge is 0.459 e. The Morgan fingerprint density at radius 1 is 1.40 bits per heavy atom. The Kier molecular flexibility index (Phi) is 4.88. The number of fused-ring (bicyclic) bond motifs is 1. The summed E-state index contributed by atoms with van der Waals surface area (Å²) in [5.41, 5.74) is 1.84. The molecule has 1 saturated heterocycles. The molecular formula is C18H24N2O4S. The van der Waals surface area contributed by atoms with Gasteiger partial charge < -0.3 is 9.73 Å². The number of amides is 1. The van der Waals surface area contributed by atoms with E-state index in [9.17, 15) is 13.2 Å². The molecule has 1 aliphatic heterocycles. The van der Waals surface area contributed by atoms with Crippen LogP contribution in [0.25, 0.3) is 11.0 Å². The Morgan fingerprint density at radius 2 is 2.12 bits per heavy atom. The number of hydrogen-bond acceptors (Lipinski definition) is 5. The molecule has 0 unspecified atom stereocenters. The first-order chi connectivity index (χ1) is 11.8. The summed E-state index contributed by atoms with van der Waals surface area (Å²) in [5.74, 6) is 0.951. The lowest BCUT2D eigenvalue weighted by atomic mass is 10.1. The summed E-state index contributed by atoms with van der Waals surface area (Å²) in [6, 6.07) is 7.46. The number of rotatable bonds is 5. The van der Waals surface area contributed by atoms with E-state index in [1.807, 2.05) is 43.0 Å². The fourth-order valence-corrected chi connectivity index (χ4v) is 5.24. The first-order valence-corrected chi connectivity index (χ1v) is 10.3. The van der Waals surface area contributed by atoms with Gasteiger partial charge in [0.2, 0.25) is 5.91 Å². The van der Waals surface area contributed by atoms with Gasteiger partial charge in [0.25, 0.3) is 0 Å². The van der Waals surface area contributed by atoms with Gasteiger partial charge in [-0.15, -0.1) is 0 Å². The molecule has 1 aromatic carbocycles. The van der Waals surface area contributed by atoms with Gasteiger partial charge in [-0.3, -0.25) is 9.69 Å². The number of nitrogens with zero attached hydrogens (tertiary/aromatic N) is 1. The second-order valence-corrected chi connectivity index (χ2v) is 9.08. The monoisotopic (exact) mass is 364 g/mol. The van der Waals surface area contributed by atoms with Crippen molar-refractivity contribution in [1.82, 2.24) is 10.2 Å². The molecule has 0 saturated carbocycles. The van der Waals surface area contributed by atoms with Crippen molar-refractivity contribution in [3.8, 4) is 0 Å². The number of carbonyl (C=O) groups excluding carboxylic acids is 1. The molecule has 0 radical (unpaired) electrons. The minimum Gasteiger partial charge on any atom is -0.459 e. The van der Waals surface area contributed by atoms with Gasteiger partial charge in [0.15, 0.2) is 9.84 Å². The maximum Gasteiger partial charge on any atom is 0.234 e. The summed E-state index contributed by atoms with van der Waals surface area (Å²) in [6.07, 6.45) is 0.588. The zero-order valence-corrected chi connectivity index (χ0v) is 15.6. The van der Waals surface area contributed by atoms with E-state index >= 15 is 0 Å². The van der Waals surface area contributed by atoms with Crippen LogP contribution in [0.15, 0.2) is 28.7 Å². The van der Waals surface area contributed by atoms with E-state index in [0.717, 1.165) is 22.3 Å². The number of nitrogens with one attached hydrogen (secondary N) is 1. The van der Waals surface area contributed by atoms with Crippen LogP contribution in [-0.4, -0.2) is 50.4 Å². The van der Waals surface area contributed by atoms with Crippen molar-refractivity contribution in [1.29, 1.82) is 0 Å². The molecule has 2 aromatic rings. The maximum absolute atomic E-state index is 12.3. The molecule has 7 heteroatoms. The molecule has 1 fully saturated rings. The van der Waals surface area contributed by atoms with Crippen molar-refractivity contribution in [2.75, 3.05) is 25.1 Å². The van der Waals surface area contributed by atoms with E-state index in [1.165, 1.54) is 0 Å². The highest BCUT2D eigenvalue weighted by Gasteiger charge is 2.31. The van der Waals surface area contributed by atoms with Crippen LogP contribution in [0.1, 0.15) is 30.7 Å². The van der Waals surface area contributed by atoms with Gasteiger partial charge in [0.05, 0.1) is 24.1 Å². The molecule has 1 amide bonds. The van der Waals surface area contributed by atoms with E-state index in [4.69, 9.17) is 4.42 Å². The van der Waals surface area contributed by atoms with Gasteiger partial charge >= 0.3 is 0 Å². The normalized spacial score (nSPS) is 20.9. The summed E-state index contributed by atoms with van der Waals surface area (Å²) < 4.78 is 29.0. The summed E-state index contributed by atoms with van der Waals surface area (Å²) in [5, 5.41) is 4.00. The Balaban J connectivity index is 1.63. The molecule has 0 aliphatic carbocycles. The lowest BCUT2D eigenvalue weighted by Crippen LogP contribution is -2.41. The lowest BCUT2D eigenvalue weighted by molar-refractivity contribution is -0.123. The Bertz CT molecular complexity index is 888. The van der Waals surface area contributed by atoms with E-state index in [-0.39, 0.29) is 36.0 Å². The predicted molar refractivity (Wildman–Crippen MR) is 97.2 cm³/mol. The molecule has 1 N–H and O–H groups in total. The molecule has 0 spiro atoms. The van der Waals surface area contributed by atoms with Gasteiger partial charge in [-0.05, 0) is 33.4 Å². The van der Waals surface area contributed by atoms with Crippen LogP contribution in [0.2, 0.25) is 0 Å². The highest BCUT2D eigenvalue weighted by Crippen LogP contribution is 2.29. The van der Waals surface area contributed by atoms with Gasteiger partial charge in [-0.2, -0.15) is 0 Å². The van der Waals surface area contributed by atoms with Gasteiger partial charge in [-0.25, -0.2) is 8.42 Å². The van der Waals surface area contributed by atoms with Crippen molar-refractivity contribution in [3.05, 3.63) is 35.6 Å². The molecular weight excluding hydrogens is 340 g/mol. The van der Waals surface area contributed by atoms with E-state index in [2.05, 4.69) is 5.32 Å².